The monoisotopic (exact) mass is 514 g/mol. The Morgan fingerprint density at radius 3 is 2.61 bits per heavy atom. The molecule has 0 saturated heterocycles. The highest BCUT2D eigenvalue weighted by Crippen LogP contribution is 2.37. The van der Waals surface area contributed by atoms with Gasteiger partial charge in [-0.2, -0.15) is 5.10 Å². The molecule has 1 unspecified atom stereocenters. The van der Waals surface area contributed by atoms with Crippen LogP contribution in [0, 0.1) is 5.82 Å². The first-order chi connectivity index (χ1) is 18.4. The molecule has 3 N–H and O–H groups in total. The second kappa shape index (κ2) is 11.3. The third kappa shape index (κ3) is 5.85. The van der Waals surface area contributed by atoms with Crippen LogP contribution in [-0.2, 0) is 17.6 Å². The molecule has 3 aromatic carbocycles. The predicted octanol–water partition coefficient (Wildman–Crippen LogP) is 5.43. The summed E-state index contributed by atoms with van der Waals surface area (Å²) in [6.45, 7) is 0. The summed E-state index contributed by atoms with van der Waals surface area (Å²) in [7, 11) is 0. The van der Waals surface area contributed by atoms with Crippen LogP contribution in [0.25, 0.3) is 22.5 Å². The number of aliphatic hydroxyl groups excluding tert-OH is 2. The van der Waals surface area contributed by atoms with Crippen molar-refractivity contribution in [3.63, 3.8) is 0 Å². The van der Waals surface area contributed by atoms with E-state index in [-0.39, 0.29) is 18.2 Å². The molecule has 0 aliphatic heterocycles. The fourth-order valence-electron chi connectivity index (χ4n) is 5.37. The summed E-state index contributed by atoms with van der Waals surface area (Å²) in [6.07, 6.45) is 4.37. The lowest BCUT2D eigenvalue weighted by Gasteiger charge is -2.21. The first-order valence-corrected chi connectivity index (χ1v) is 13.0. The van der Waals surface area contributed by atoms with Gasteiger partial charge < -0.3 is 15.3 Å². The van der Waals surface area contributed by atoms with Crippen LogP contribution in [0.2, 0.25) is 0 Å². The lowest BCUT2D eigenvalue weighted by molar-refractivity contribution is -0.139. The van der Waals surface area contributed by atoms with E-state index in [0.717, 1.165) is 42.6 Å². The molecule has 196 valence electrons. The molecule has 0 bridgehead atoms. The third-order valence-electron chi connectivity index (χ3n) is 7.19. The quantitative estimate of drug-likeness (QED) is 0.277. The topological polar surface area (TPSA) is 95.6 Å². The molecular formula is C31H31FN2O4. The fourth-order valence-corrected chi connectivity index (χ4v) is 5.37. The van der Waals surface area contributed by atoms with E-state index in [1.807, 2.05) is 12.1 Å². The van der Waals surface area contributed by atoms with Crippen LogP contribution >= 0.6 is 0 Å². The number of hydrogen-bond donors (Lipinski definition) is 3. The second-order valence-corrected chi connectivity index (χ2v) is 10.0. The van der Waals surface area contributed by atoms with E-state index >= 15 is 0 Å². The number of fused-ring (bicyclic) bond motifs is 2. The van der Waals surface area contributed by atoms with E-state index in [1.165, 1.54) is 28.5 Å². The molecule has 0 spiro atoms. The van der Waals surface area contributed by atoms with Crippen LogP contribution in [-0.4, -0.2) is 43.3 Å². The molecule has 7 heteroatoms. The number of aliphatic hydroxyl groups is 2. The van der Waals surface area contributed by atoms with Crippen LogP contribution in [0.15, 0.2) is 72.8 Å². The lowest BCUT2D eigenvalue weighted by Crippen LogP contribution is -2.19. The Bertz CT molecular complexity index is 1460. The first kappa shape index (κ1) is 25.8. The van der Waals surface area contributed by atoms with Gasteiger partial charge in [-0.25, -0.2) is 9.07 Å². The van der Waals surface area contributed by atoms with Gasteiger partial charge in [0.1, 0.15) is 5.82 Å². The van der Waals surface area contributed by atoms with Gasteiger partial charge in [-0.05, 0) is 72.4 Å². The molecule has 0 fully saturated rings. The Balaban J connectivity index is 1.47. The van der Waals surface area contributed by atoms with Crippen molar-refractivity contribution in [3.05, 3.63) is 101 Å². The molecule has 1 heterocycles. The second-order valence-electron chi connectivity index (χ2n) is 10.0. The van der Waals surface area contributed by atoms with Crippen molar-refractivity contribution in [3.8, 4) is 5.69 Å². The molecule has 1 aromatic heterocycles. The van der Waals surface area contributed by atoms with Gasteiger partial charge in [0.05, 0.1) is 35.7 Å². The first-order valence-electron chi connectivity index (χ1n) is 13.0. The summed E-state index contributed by atoms with van der Waals surface area (Å²) in [5, 5.41) is 36.7. The van der Waals surface area contributed by atoms with E-state index in [9.17, 15) is 19.4 Å². The summed E-state index contributed by atoms with van der Waals surface area (Å²) in [4.78, 5) is 10.9. The Morgan fingerprint density at radius 2 is 1.84 bits per heavy atom. The average Bonchev–Trinajstić information content (AvgIpc) is 3.27. The molecule has 38 heavy (non-hydrogen) atoms. The maximum absolute atomic E-state index is 13.7. The number of benzene rings is 3. The Kier molecular flexibility index (Phi) is 7.67. The molecule has 5 rings (SSSR count). The molecule has 1 aliphatic rings. The van der Waals surface area contributed by atoms with Gasteiger partial charge in [-0.15, -0.1) is 0 Å². The van der Waals surface area contributed by atoms with Crippen molar-refractivity contribution in [2.75, 3.05) is 0 Å². The van der Waals surface area contributed by atoms with E-state index < -0.39 is 24.6 Å². The van der Waals surface area contributed by atoms with Gasteiger partial charge in [0.2, 0.25) is 0 Å². The number of hydrogen-bond acceptors (Lipinski definition) is 4. The van der Waals surface area contributed by atoms with Crippen LogP contribution in [0.1, 0.15) is 54.1 Å². The maximum atomic E-state index is 13.7. The molecule has 6 nitrogen and oxygen atoms in total. The molecule has 0 saturated carbocycles. The van der Waals surface area contributed by atoms with Crippen LogP contribution in [0.5, 0.6) is 0 Å². The van der Waals surface area contributed by atoms with Gasteiger partial charge in [-0.3, -0.25) is 4.79 Å². The number of rotatable bonds is 9. The van der Waals surface area contributed by atoms with Crippen LogP contribution < -0.4 is 0 Å². The largest absolute Gasteiger partial charge is 0.481 e. The van der Waals surface area contributed by atoms with E-state index in [1.54, 1.807) is 29.0 Å². The van der Waals surface area contributed by atoms with Crippen molar-refractivity contribution >= 4 is 22.8 Å². The highest BCUT2D eigenvalue weighted by atomic mass is 19.1. The highest BCUT2D eigenvalue weighted by molar-refractivity contribution is 5.83. The standard InChI is InChI=1S/C31H31FN2O4/c32-24-10-12-25(13-11-24)34-29(15-14-26(35)18-27(36)19-30(37)38)28-7-3-6-23(31(28)33-34)17-20-8-9-21-4-1-2-5-22(21)16-20/h1-2,4-5,8-16,23,26-27,35-36H,3,6-7,17-19H2,(H,37,38)/b15-14+/t23?,26-,27-/m1/s1. The maximum Gasteiger partial charge on any atom is 0.305 e. The Morgan fingerprint density at radius 1 is 1.08 bits per heavy atom. The molecular weight excluding hydrogens is 483 g/mol. The normalized spacial score (nSPS) is 17.0. The smallest absolute Gasteiger partial charge is 0.305 e. The highest BCUT2D eigenvalue weighted by Gasteiger charge is 2.28. The number of nitrogens with zero attached hydrogens (tertiary/aromatic N) is 2. The average molecular weight is 515 g/mol. The predicted molar refractivity (Wildman–Crippen MR) is 145 cm³/mol. The van der Waals surface area contributed by atoms with Gasteiger partial charge in [-0.1, -0.05) is 48.5 Å². The van der Waals surface area contributed by atoms with Crippen molar-refractivity contribution in [2.45, 2.75) is 56.7 Å². The van der Waals surface area contributed by atoms with Crippen molar-refractivity contribution in [1.82, 2.24) is 9.78 Å². The van der Waals surface area contributed by atoms with E-state index in [2.05, 4.69) is 30.3 Å². The Hall–Kier alpha value is -3.81. The zero-order valence-electron chi connectivity index (χ0n) is 21.0. The van der Waals surface area contributed by atoms with Crippen LogP contribution in [0.4, 0.5) is 4.39 Å². The molecule has 4 aromatic rings. The van der Waals surface area contributed by atoms with Gasteiger partial charge in [0.25, 0.3) is 0 Å². The van der Waals surface area contributed by atoms with Crippen molar-refractivity contribution in [2.24, 2.45) is 0 Å². The summed E-state index contributed by atoms with van der Waals surface area (Å²) < 4.78 is 15.5. The van der Waals surface area contributed by atoms with Gasteiger partial charge in [0.15, 0.2) is 0 Å². The number of carbonyl (C=O) groups is 1. The molecule has 0 amide bonds. The Labute approximate surface area is 220 Å². The number of carboxylic acids is 1. The lowest BCUT2D eigenvalue weighted by atomic mass is 9.82. The van der Waals surface area contributed by atoms with Gasteiger partial charge in [0, 0.05) is 17.9 Å². The fraction of sp³-hybridized carbons (Fsp3) is 0.290. The van der Waals surface area contributed by atoms with Crippen molar-refractivity contribution < 1.29 is 24.5 Å². The third-order valence-corrected chi connectivity index (χ3v) is 7.19. The zero-order chi connectivity index (χ0) is 26.6. The number of carboxylic acid groups (broad SMARTS) is 1. The number of halogens is 1. The minimum atomic E-state index is -1.14. The minimum absolute atomic E-state index is 0.0831. The molecule has 0 radical (unpaired) electrons. The summed E-state index contributed by atoms with van der Waals surface area (Å²) in [5.41, 5.74) is 4.87. The van der Waals surface area contributed by atoms with Gasteiger partial charge >= 0.3 is 5.97 Å². The summed E-state index contributed by atoms with van der Waals surface area (Å²) >= 11 is 0. The van der Waals surface area contributed by atoms with Crippen molar-refractivity contribution in [1.29, 1.82) is 0 Å². The zero-order valence-corrected chi connectivity index (χ0v) is 21.0. The SMILES string of the molecule is O=C(O)C[C@H](O)C[C@H](O)/C=C/c1c2c(nn1-c1ccc(F)cc1)C(Cc1ccc3ccccc3c1)CCC2. The van der Waals surface area contributed by atoms with E-state index in [4.69, 9.17) is 10.2 Å². The molecule has 3 atom stereocenters. The number of aromatic nitrogens is 2. The summed E-state index contributed by atoms with van der Waals surface area (Å²) in [5.74, 6) is -1.23. The number of aliphatic carboxylic acids is 1. The minimum Gasteiger partial charge on any atom is -0.481 e. The summed E-state index contributed by atoms with van der Waals surface area (Å²) in [6, 6.07) is 21.0. The molecule has 1 aliphatic carbocycles. The van der Waals surface area contributed by atoms with Crippen LogP contribution in [0.3, 0.4) is 0 Å². The van der Waals surface area contributed by atoms with E-state index in [0.29, 0.717) is 5.69 Å².